The van der Waals surface area contributed by atoms with E-state index in [0.29, 0.717) is 24.3 Å². The Morgan fingerprint density at radius 3 is 2.70 bits per heavy atom. The summed E-state index contributed by atoms with van der Waals surface area (Å²) in [6, 6.07) is 1.86. The van der Waals surface area contributed by atoms with Crippen molar-refractivity contribution in [1.82, 2.24) is 15.0 Å². The van der Waals surface area contributed by atoms with Gasteiger partial charge in [0.25, 0.3) is 5.22 Å². The van der Waals surface area contributed by atoms with Gasteiger partial charge in [0.1, 0.15) is 23.2 Å². The summed E-state index contributed by atoms with van der Waals surface area (Å²) < 4.78 is 10.9. The molecule has 0 unspecified atom stereocenters. The second kappa shape index (κ2) is 6.71. The summed E-state index contributed by atoms with van der Waals surface area (Å²) in [5.74, 6) is 2.21. The Kier molecular flexibility index (Phi) is 4.97. The molecule has 0 aliphatic heterocycles. The third-order valence-electron chi connectivity index (χ3n) is 2.64. The number of oxazole rings is 1. The van der Waals surface area contributed by atoms with Crippen LogP contribution in [0.4, 0.5) is 5.82 Å². The van der Waals surface area contributed by atoms with Crippen molar-refractivity contribution >= 4 is 17.6 Å². The maximum absolute atomic E-state index is 5.55. The van der Waals surface area contributed by atoms with Gasteiger partial charge in [-0.25, -0.2) is 15.0 Å². The molecule has 0 saturated heterocycles. The zero-order chi connectivity index (χ0) is 14.5. The standard InChI is InChI=1S/C13H18N4O2S/c1-5-18-7-11-16-10(14-4)6-12(17-11)20-13-15-8(2)9(3)19-13/h6H,5,7H2,1-4H3,(H,14,16,17). The first-order valence-corrected chi connectivity index (χ1v) is 7.19. The lowest BCUT2D eigenvalue weighted by Gasteiger charge is -2.06. The molecule has 2 heterocycles. The van der Waals surface area contributed by atoms with Gasteiger partial charge in [0.05, 0.1) is 5.69 Å². The lowest BCUT2D eigenvalue weighted by Crippen LogP contribution is -2.03. The minimum Gasteiger partial charge on any atom is -0.436 e. The Morgan fingerprint density at radius 1 is 1.30 bits per heavy atom. The van der Waals surface area contributed by atoms with Crippen molar-refractivity contribution in [3.63, 3.8) is 0 Å². The molecule has 0 bridgehead atoms. The van der Waals surface area contributed by atoms with Gasteiger partial charge in [-0.2, -0.15) is 0 Å². The summed E-state index contributed by atoms with van der Waals surface area (Å²) in [5, 5.41) is 4.38. The minimum atomic E-state index is 0.392. The van der Waals surface area contributed by atoms with E-state index >= 15 is 0 Å². The molecular formula is C13H18N4O2S. The van der Waals surface area contributed by atoms with E-state index in [0.717, 1.165) is 22.3 Å². The van der Waals surface area contributed by atoms with Crippen molar-refractivity contribution in [2.75, 3.05) is 19.0 Å². The smallest absolute Gasteiger partial charge is 0.262 e. The van der Waals surface area contributed by atoms with E-state index in [4.69, 9.17) is 9.15 Å². The number of nitrogens with zero attached hydrogens (tertiary/aromatic N) is 3. The molecular weight excluding hydrogens is 276 g/mol. The molecule has 1 N–H and O–H groups in total. The molecule has 0 radical (unpaired) electrons. The van der Waals surface area contributed by atoms with Crippen molar-refractivity contribution in [1.29, 1.82) is 0 Å². The highest BCUT2D eigenvalue weighted by Crippen LogP contribution is 2.28. The molecule has 0 aromatic carbocycles. The van der Waals surface area contributed by atoms with Crippen LogP contribution in [0.15, 0.2) is 20.7 Å². The van der Waals surface area contributed by atoms with E-state index in [2.05, 4.69) is 20.3 Å². The quantitative estimate of drug-likeness (QED) is 0.821. The van der Waals surface area contributed by atoms with Gasteiger partial charge in [0.2, 0.25) is 0 Å². The van der Waals surface area contributed by atoms with Gasteiger partial charge in [-0.3, -0.25) is 0 Å². The highest BCUT2D eigenvalue weighted by atomic mass is 32.2. The first kappa shape index (κ1) is 14.8. The van der Waals surface area contributed by atoms with Crippen LogP contribution in [0.1, 0.15) is 24.2 Å². The van der Waals surface area contributed by atoms with E-state index < -0.39 is 0 Å². The molecule has 0 amide bonds. The van der Waals surface area contributed by atoms with E-state index in [-0.39, 0.29) is 0 Å². The fraction of sp³-hybridized carbons (Fsp3) is 0.462. The summed E-state index contributed by atoms with van der Waals surface area (Å²) in [7, 11) is 1.82. The van der Waals surface area contributed by atoms with Crippen LogP contribution >= 0.6 is 11.8 Å². The van der Waals surface area contributed by atoms with E-state index in [1.54, 1.807) is 0 Å². The molecule has 0 atom stereocenters. The summed E-state index contributed by atoms with van der Waals surface area (Å²) >= 11 is 1.38. The first-order valence-electron chi connectivity index (χ1n) is 6.37. The third kappa shape index (κ3) is 3.71. The molecule has 0 fully saturated rings. The molecule has 2 aromatic heterocycles. The number of aryl methyl sites for hydroxylation is 2. The molecule has 20 heavy (non-hydrogen) atoms. The predicted octanol–water partition coefficient (Wildman–Crippen LogP) is 2.81. The van der Waals surface area contributed by atoms with Crippen LogP contribution in [0.2, 0.25) is 0 Å². The summed E-state index contributed by atoms with van der Waals surface area (Å²) in [5.41, 5.74) is 0.893. The maximum atomic E-state index is 5.55. The number of aromatic nitrogens is 3. The summed E-state index contributed by atoms with van der Waals surface area (Å²) in [6.07, 6.45) is 0. The Morgan fingerprint density at radius 2 is 2.10 bits per heavy atom. The summed E-state index contributed by atoms with van der Waals surface area (Å²) in [4.78, 5) is 13.1. The predicted molar refractivity (Wildman–Crippen MR) is 77.0 cm³/mol. The summed E-state index contributed by atoms with van der Waals surface area (Å²) in [6.45, 7) is 6.78. The first-order chi connectivity index (χ1) is 9.62. The second-order valence-electron chi connectivity index (χ2n) is 4.12. The van der Waals surface area contributed by atoms with Gasteiger partial charge in [0, 0.05) is 19.7 Å². The largest absolute Gasteiger partial charge is 0.436 e. The van der Waals surface area contributed by atoms with Crippen molar-refractivity contribution in [2.24, 2.45) is 0 Å². The minimum absolute atomic E-state index is 0.392. The molecule has 6 nitrogen and oxygen atoms in total. The van der Waals surface area contributed by atoms with Crippen molar-refractivity contribution < 1.29 is 9.15 Å². The fourth-order valence-electron chi connectivity index (χ4n) is 1.49. The fourth-order valence-corrected chi connectivity index (χ4v) is 2.34. The lowest BCUT2D eigenvalue weighted by atomic mass is 10.4. The zero-order valence-electron chi connectivity index (χ0n) is 12.1. The molecule has 2 aromatic rings. The molecule has 7 heteroatoms. The number of rotatable bonds is 6. The molecule has 0 aliphatic rings. The molecule has 108 valence electrons. The number of ether oxygens (including phenoxy) is 1. The van der Waals surface area contributed by atoms with Crippen LogP contribution in [0.25, 0.3) is 0 Å². The van der Waals surface area contributed by atoms with Crippen LogP contribution in [-0.4, -0.2) is 28.6 Å². The Hall–Kier alpha value is -1.60. The average molecular weight is 294 g/mol. The van der Waals surface area contributed by atoms with Crippen LogP contribution in [0, 0.1) is 13.8 Å². The van der Waals surface area contributed by atoms with E-state index in [9.17, 15) is 0 Å². The van der Waals surface area contributed by atoms with Gasteiger partial charge in [-0.05, 0) is 32.5 Å². The molecule has 0 saturated carbocycles. The van der Waals surface area contributed by atoms with Gasteiger partial charge in [0.15, 0.2) is 5.82 Å². The number of nitrogens with one attached hydrogen (secondary N) is 1. The van der Waals surface area contributed by atoms with Crippen molar-refractivity contribution in [3.8, 4) is 0 Å². The Balaban J connectivity index is 2.21. The van der Waals surface area contributed by atoms with Crippen LogP contribution in [0.5, 0.6) is 0 Å². The highest BCUT2D eigenvalue weighted by Gasteiger charge is 2.11. The van der Waals surface area contributed by atoms with Crippen LogP contribution in [0.3, 0.4) is 0 Å². The normalized spacial score (nSPS) is 10.8. The topological polar surface area (TPSA) is 73.1 Å². The highest BCUT2D eigenvalue weighted by molar-refractivity contribution is 7.99. The third-order valence-corrected chi connectivity index (χ3v) is 3.41. The Labute approximate surface area is 122 Å². The van der Waals surface area contributed by atoms with Gasteiger partial charge in [-0.1, -0.05) is 0 Å². The van der Waals surface area contributed by atoms with Crippen molar-refractivity contribution in [3.05, 3.63) is 23.3 Å². The molecule has 0 aliphatic carbocycles. The van der Waals surface area contributed by atoms with Crippen LogP contribution < -0.4 is 5.32 Å². The van der Waals surface area contributed by atoms with Gasteiger partial charge in [-0.15, -0.1) is 0 Å². The lowest BCUT2D eigenvalue weighted by molar-refractivity contribution is 0.128. The van der Waals surface area contributed by atoms with Crippen molar-refractivity contribution in [2.45, 2.75) is 37.6 Å². The van der Waals surface area contributed by atoms with Gasteiger partial charge < -0.3 is 14.5 Å². The van der Waals surface area contributed by atoms with Gasteiger partial charge >= 0.3 is 0 Å². The number of anilines is 1. The number of hydrogen-bond acceptors (Lipinski definition) is 7. The Bertz CT molecular complexity index is 566. The molecule has 0 spiro atoms. The second-order valence-corrected chi connectivity index (χ2v) is 5.09. The maximum Gasteiger partial charge on any atom is 0.262 e. The number of hydrogen-bond donors (Lipinski definition) is 1. The monoisotopic (exact) mass is 294 g/mol. The molecule has 2 rings (SSSR count). The van der Waals surface area contributed by atoms with E-state index in [1.807, 2.05) is 33.9 Å². The SMILES string of the molecule is CCOCc1nc(NC)cc(Sc2nc(C)c(C)o2)n1. The zero-order valence-corrected chi connectivity index (χ0v) is 12.9. The van der Waals surface area contributed by atoms with E-state index in [1.165, 1.54) is 11.8 Å². The average Bonchev–Trinajstić information content (AvgIpc) is 2.74. The van der Waals surface area contributed by atoms with Crippen LogP contribution in [-0.2, 0) is 11.3 Å².